The monoisotopic (exact) mass is 184 g/mol. The fourth-order valence-corrected chi connectivity index (χ4v) is 2.08. The third-order valence-corrected chi connectivity index (χ3v) is 2.84. The summed E-state index contributed by atoms with van der Waals surface area (Å²) in [7, 11) is 0. The van der Waals surface area contributed by atoms with Crippen molar-refractivity contribution in [2.45, 2.75) is 13.0 Å². The number of rotatable bonds is 2. The van der Waals surface area contributed by atoms with Crippen molar-refractivity contribution in [3.63, 3.8) is 0 Å². The number of piperazine rings is 3. The summed E-state index contributed by atoms with van der Waals surface area (Å²) in [6.45, 7) is 7.45. The lowest BCUT2D eigenvalue weighted by Gasteiger charge is -2.45. The van der Waals surface area contributed by atoms with Crippen LogP contribution in [0.4, 0.5) is 0 Å². The van der Waals surface area contributed by atoms with E-state index in [9.17, 15) is 4.79 Å². The number of hydrogen-bond acceptors (Lipinski definition) is 4. The van der Waals surface area contributed by atoms with Gasteiger partial charge in [-0.2, -0.15) is 0 Å². The summed E-state index contributed by atoms with van der Waals surface area (Å²) < 4.78 is 5.03. The number of carbonyl (C=O) groups is 1. The molecule has 13 heavy (non-hydrogen) atoms. The van der Waals surface area contributed by atoms with Crippen LogP contribution in [0.3, 0.4) is 0 Å². The van der Waals surface area contributed by atoms with Crippen molar-refractivity contribution < 1.29 is 9.53 Å². The van der Waals surface area contributed by atoms with E-state index in [2.05, 4.69) is 9.80 Å². The zero-order valence-corrected chi connectivity index (χ0v) is 8.03. The van der Waals surface area contributed by atoms with Crippen LogP contribution in [0, 0.1) is 0 Å². The third-order valence-electron chi connectivity index (χ3n) is 2.84. The normalized spacial score (nSPS) is 37.5. The van der Waals surface area contributed by atoms with Gasteiger partial charge in [0.25, 0.3) is 0 Å². The summed E-state index contributed by atoms with van der Waals surface area (Å²) in [5, 5.41) is 0. The quantitative estimate of drug-likeness (QED) is 0.544. The first-order chi connectivity index (χ1) is 6.31. The molecule has 3 saturated heterocycles. The molecule has 4 heteroatoms. The highest BCUT2D eigenvalue weighted by atomic mass is 16.5. The molecule has 2 bridgehead atoms. The fraction of sp³-hybridized carbons (Fsp3) is 0.889. The maximum atomic E-state index is 11.5. The van der Waals surface area contributed by atoms with Gasteiger partial charge < -0.3 is 4.74 Å². The average molecular weight is 184 g/mol. The third kappa shape index (κ3) is 1.69. The number of carbonyl (C=O) groups excluding carboxylic acids is 1. The van der Waals surface area contributed by atoms with Gasteiger partial charge in [0, 0.05) is 32.7 Å². The Balaban J connectivity index is 1.96. The van der Waals surface area contributed by atoms with Crippen LogP contribution < -0.4 is 0 Å². The van der Waals surface area contributed by atoms with Gasteiger partial charge >= 0.3 is 5.97 Å². The first-order valence-electron chi connectivity index (χ1n) is 4.94. The molecule has 0 N–H and O–H groups in total. The zero-order valence-electron chi connectivity index (χ0n) is 8.03. The van der Waals surface area contributed by atoms with Crippen molar-refractivity contribution in [2.24, 2.45) is 0 Å². The SMILES string of the molecule is CCOC(=O)C1CN2CCN1CC2. The van der Waals surface area contributed by atoms with Gasteiger partial charge in [0.2, 0.25) is 0 Å². The minimum absolute atomic E-state index is 0.00227. The Morgan fingerprint density at radius 3 is 2.54 bits per heavy atom. The highest BCUT2D eigenvalue weighted by Gasteiger charge is 2.36. The van der Waals surface area contributed by atoms with E-state index in [1.54, 1.807) is 0 Å². The Labute approximate surface area is 78.4 Å². The van der Waals surface area contributed by atoms with Crippen molar-refractivity contribution in [1.82, 2.24) is 9.80 Å². The summed E-state index contributed by atoms with van der Waals surface area (Å²) in [6.07, 6.45) is 0. The minimum atomic E-state index is -0.0492. The summed E-state index contributed by atoms with van der Waals surface area (Å²) in [4.78, 5) is 16.1. The van der Waals surface area contributed by atoms with Crippen LogP contribution in [-0.4, -0.2) is 61.1 Å². The van der Waals surface area contributed by atoms with Gasteiger partial charge in [-0.25, -0.2) is 0 Å². The molecular formula is C9H16N2O2. The molecule has 0 aromatic rings. The van der Waals surface area contributed by atoms with Gasteiger partial charge in [-0.3, -0.25) is 14.6 Å². The molecule has 1 unspecified atom stereocenters. The Kier molecular flexibility index (Phi) is 2.51. The summed E-state index contributed by atoms with van der Waals surface area (Å²) in [5.74, 6) is -0.0492. The summed E-state index contributed by atoms with van der Waals surface area (Å²) in [5.41, 5.74) is 0. The van der Waals surface area contributed by atoms with Gasteiger partial charge in [0.1, 0.15) is 6.04 Å². The molecule has 0 aromatic carbocycles. The van der Waals surface area contributed by atoms with Crippen molar-refractivity contribution in [1.29, 1.82) is 0 Å². The van der Waals surface area contributed by atoms with Crippen LogP contribution in [0.15, 0.2) is 0 Å². The molecule has 4 nitrogen and oxygen atoms in total. The van der Waals surface area contributed by atoms with Gasteiger partial charge in [-0.15, -0.1) is 0 Å². The molecule has 1 atom stereocenters. The van der Waals surface area contributed by atoms with E-state index in [-0.39, 0.29) is 12.0 Å². The maximum Gasteiger partial charge on any atom is 0.324 e. The Morgan fingerprint density at radius 1 is 1.38 bits per heavy atom. The van der Waals surface area contributed by atoms with E-state index in [0.717, 1.165) is 32.7 Å². The Hall–Kier alpha value is -0.610. The number of ether oxygens (including phenoxy) is 1. The molecule has 0 spiro atoms. The van der Waals surface area contributed by atoms with Gasteiger partial charge in [0.05, 0.1) is 6.61 Å². The highest BCUT2D eigenvalue weighted by molar-refractivity contribution is 5.76. The molecule has 0 aliphatic carbocycles. The van der Waals surface area contributed by atoms with Gasteiger partial charge in [0.15, 0.2) is 0 Å². The molecule has 3 fully saturated rings. The van der Waals surface area contributed by atoms with Crippen LogP contribution in [0.1, 0.15) is 6.92 Å². The molecule has 0 saturated carbocycles. The highest BCUT2D eigenvalue weighted by Crippen LogP contribution is 2.16. The van der Waals surface area contributed by atoms with Crippen molar-refractivity contribution >= 4 is 5.97 Å². The van der Waals surface area contributed by atoms with Crippen molar-refractivity contribution in [3.8, 4) is 0 Å². The fourth-order valence-electron chi connectivity index (χ4n) is 2.08. The second-order valence-corrected chi connectivity index (χ2v) is 3.60. The lowest BCUT2D eigenvalue weighted by Crippen LogP contribution is -2.63. The molecule has 3 aliphatic rings. The van der Waals surface area contributed by atoms with Crippen LogP contribution in [0.5, 0.6) is 0 Å². The number of esters is 1. The zero-order chi connectivity index (χ0) is 9.26. The Bertz CT molecular complexity index is 200. The molecule has 0 aromatic heterocycles. The van der Waals surface area contributed by atoms with Crippen LogP contribution >= 0.6 is 0 Å². The predicted octanol–water partition coefficient (Wildman–Crippen LogP) is -0.451. The number of nitrogens with zero attached hydrogens (tertiary/aromatic N) is 2. The molecule has 74 valence electrons. The standard InChI is InChI=1S/C9H16N2O2/c1-2-13-9(12)8-7-10-3-5-11(8)6-4-10/h8H,2-7H2,1H3. The van der Waals surface area contributed by atoms with Crippen molar-refractivity contribution in [2.75, 3.05) is 39.3 Å². The predicted molar refractivity (Wildman–Crippen MR) is 48.4 cm³/mol. The minimum Gasteiger partial charge on any atom is -0.465 e. The first kappa shape index (κ1) is 8.97. The van der Waals surface area contributed by atoms with Crippen LogP contribution in [0.25, 0.3) is 0 Å². The topological polar surface area (TPSA) is 32.8 Å². The second kappa shape index (κ2) is 3.64. The largest absolute Gasteiger partial charge is 0.465 e. The molecule has 0 amide bonds. The van der Waals surface area contributed by atoms with Crippen LogP contribution in [-0.2, 0) is 9.53 Å². The van der Waals surface area contributed by atoms with E-state index in [0.29, 0.717) is 6.61 Å². The van der Waals surface area contributed by atoms with Crippen molar-refractivity contribution in [3.05, 3.63) is 0 Å². The van der Waals surface area contributed by atoms with Gasteiger partial charge in [-0.05, 0) is 6.92 Å². The number of hydrogen-bond donors (Lipinski definition) is 0. The molecule has 3 aliphatic heterocycles. The number of fused-ring (bicyclic) bond motifs is 3. The Morgan fingerprint density at radius 2 is 2.08 bits per heavy atom. The van der Waals surface area contributed by atoms with E-state index in [1.807, 2.05) is 6.92 Å². The average Bonchev–Trinajstić information content (AvgIpc) is 2.20. The smallest absolute Gasteiger partial charge is 0.324 e. The van der Waals surface area contributed by atoms with E-state index < -0.39 is 0 Å². The summed E-state index contributed by atoms with van der Waals surface area (Å²) >= 11 is 0. The van der Waals surface area contributed by atoms with E-state index in [1.165, 1.54) is 0 Å². The maximum absolute atomic E-state index is 11.5. The van der Waals surface area contributed by atoms with E-state index >= 15 is 0 Å². The van der Waals surface area contributed by atoms with Gasteiger partial charge in [-0.1, -0.05) is 0 Å². The molecular weight excluding hydrogens is 168 g/mol. The van der Waals surface area contributed by atoms with Crippen LogP contribution in [0.2, 0.25) is 0 Å². The lowest BCUT2D eigenvalue weighted by atomic mass is 10.1. The van der Waals surface area contributed by atoms with E-state index in [4.69, 9.17) is 4.74 Å². The molecule has 3 heterocycles. The second-order valence-electron chi connectivity index (χ2n) is 3.60. The molecule has 0 radical (unpaired) electrons. The molecule has 3 rings (SSSR count). The summed E-state index contributed by atoms with van der Waals surface area (Å²) in [6, 6.07) is 0.00227. The lowest BCUT2D eigenvalue weighted by molar-refractivity contribution is -0.154. The first-order valence-corrected chi connectivity index (χ1v) is 4.94.